The van der Waals surface area contributed by atoms with Gasteiger partial charge in [-0.05, 0) is 11.8 Å². The molecule has 106 valence electrons. The van der Waals surface area contributed by atoms with Crippen LogP contribution in [0.2, 0.25) is 0 Å². The van der Waals surface area contributed by atoms with Crippen molar-refractivity contribution in [2.75, 3.05) is 13.7 Å². The molecule has 5 nitrogen and oxygen atoms in total. The molecule has 0 aliphatic heterocycles. The van der Waals surface area contributed by atoms with Gasteiger partial charge in [-0.3, -0.25) is 9.59 Å². The first kappa shape index (κ1) is 16.9. The first-order valence-electron chi connectivity index (χ1n) is 6.26. The number of ether oxygens (including phenoxy) is 1. The largest absolute Gasteiger partial charge is 0.481 e. The monoisotopic (exact) mass is 259 g/mol. The number of carbonyl (C=O) groups is 2. The third-order valence-corrected chi connectivity index (χ3v) is 2.73. The molecule has 0 aromatic rings. The summed E-state index contributed by atoms with van der Waals surface area (Å²) < 4.78 is 5.02. The van der Waals surface area contributed by atoms with Crippen LogP contribution in [0, 0.1) is 11.3 Å². The molecule has 2 atom stereocenters. The lowest BCUT2D eigenvalue weighted by atomic mass is 9.80. The minimum absolute atomic E-state index is 0.128. The van der Waals surface area contributed by atoms with E-state index in [4.69, 9.17) is 9.84 Å². The molecule has 0 aromatic carbocycles. The number of aliphatic carboxylic acids is 1. The standard InChI is InChI=1S/C13H25NO4/c1-6-7-9(8-18-5)14-11(15)10(12(16)17)13(2,3)4/h9-10H,6-8H2,1-5H3,(H,14,15)(H,16,17). The number of hydrogen-bond donors (Lipinski definition) is 2. The topological polar surface area (TPSA) is 75.6 Å². The van der Waals surface area contributed by atoms with Gasteiger partial charge < -0.3 is 15.2 Å². The second kappa shape index (κ2) is 7.36. The van der Waals surface area contributed by atoms with Crippen LogP contribution >= 0.6 is 0 Å². The molecule has 0 saturated carbocycles. The van der Waals surface area contributed by atoms with Crippen LogP contribution in [0.5, 0.6) is 0 Å². The molecule has 5 heteroatoms. The van der Waals surface area contributed by atoms with E-state index in [9.17, 15) is 9.59 Å². The lowest BCUT2D eigenvalue weighted by molar-refractivity contribution is -0.151. The molecule has 0 bridgehead atoms. The van der Waals surface area contributed by atoms with E-state index in [1.165, 1.54) is 0 Å². The van der Waals surface area contributed by atoms with Crippen LogP contribution in [0.15, 0.2) is 0 Å². The SMILES string of the molecule is CCCC(COC)NC(=O)C(C(=O)O)C(C)(C)C. The van der Waals surface area contributed by atoms with E-state index in [1.807, 2.05) is 6.92 Å². The van der Waals surface area contributed by atoms with Gasteiger partial charge in [-0.15, -0.1) is 0 Å². The van der Waals surface area contributed by atoms with Crippen molar-refractivity contribution in [3.8, 4) is 0 Å². The number of methoxy groups -OCH3 is 1. The number of hydrogen-bond acceptors (Lipinski definition) is 3. The van der Waals surface area contributed by atoms with Gasteiger partial charge in [-0.25, -0.2) is 0 Å². The van der Waals surface area contributed by atoms with Crippen molar-refractivity contribution in [1.82, 2.24) is 5.32 Å². The van der Waals surface area contributed by atoms with Crippen LogP contribution in [0.25, 0.3) is 0 Å². The highest BCUT2D eigenvalue weighted by atomic mass is 16.5. The summed E-state index contributed by atoms with van der Waals surface area (Å²) in [5.41, 5.74) is -0.611. The van der Waals surface area contributed by atoms with Crippen molar-refractivity contribution < 1.29 is 19.4 Å². The highest BCUT2D eigenvalue weighted by Crippen LogP contribution is 2.26. The van der Waals surface area contributed by atoms with E-state index in [2.05, 4.69) is 5.32 Å². The lowest BCUT2D eigenvalue weighted by Crippen LogP contribution is -2.47. The van der Waals surface area contributed by atoms with Gasteiger partial charge in [0.1, 0.15) is 5.92 Å². The maximum absolute atomic E-state index is 12.0. The fourth-order valence-corrected chi connectivity index (χ4v) is 1.91. The summed E-state index contributed by atoms with van der Waals surface area (Å²) in [5, 5.41) is 11.9. The third kappa shape index (κ3) is 5.49. The highest BCUT2D eigenvalue weighted by Gasteiger charge is 2.38. The molecule has 2 N–H and O–H groups in total. The summed E-state index contributed by atoms with van der Waals surface area (Å²) in [6, 6.07) is -0.128. The Balaban J connectivity index is 4.73. The van der Waals surface area contributed by atoms with Gasteiger partial charge in [0.15, 0.2) is 0 Å². The number of carbonyl (C=O) groups excluding carboxylic acids is 1. The van der Waals surface area contributed by atoms with E-state index < -0.39 is 23.2 Å². The van der Waals surface area contributed by atoms with E-state index in [-0.39, 0.29) is 6.04 Å². The average molecular weight is 259 g/mol. The molecule has 0 aliphatic carbocycles. The van der Waals surface area contributed by atoms with Crippen LogP contribution in [0.4, 0.5) is 0 Å². The number of rotatable bonds is 7. The van der Waals surface area contributed by atoms with Crippen LogP contribution < -0.4 is 5.32 Å². The molecule has 2 unspecified atom stereocenters. The molecule has 0 saturated heterocycles. The van der Waals surface area contributed by atoms with Gasteiger partial charge in [0.05, 0.1) is 12.6 Å². The van der Waals surface area contributed by atoms with E-state index in [0.717, 1.165) is 12.8 Å². The van der Waals surface area contributed by atoms with Gasteiger partial charge in [-0.2, -0.15) is 0 Å². The van der Waals surface area contributed by atoms with Crippen molar-refractivity contribution in [2.24, 2.45) is 11.3 Å². The number of carboxylic acids is 1. The molecule has 0 spiro atoms. The molecule has 18 heavy (non-hydrogen) atoms. The molecule has 0 heterocycles. The van der Waals surface area contributed by atoms with Crippen molar-refractivity contribution >= 4 is 11.9 Å². The first-order valence-corrected chi connectivity index (χ1v) is 6.26. The highest BCUT2D eigenvalue weighted by molar-refractivity contribution is 5.97. The fourth-order valence-electron chi connectivity index (χ4n) is 1.91. The predicted octanol–water partition coefficient (Wildman–Crippen LogP) is 1.66. The maximum atomic E-state index is 12.0. The Morgan fingerprint density at radius 1 is 1.33 bits per heavy atom. The molecule has 0 radical (unpaired) electrons. The Labute approximate surface area is 109 Å². The Morgan fingerprint density at radius 3 is 2.22 bits per heavy atom. The number of nitrogens with one attached hydrogen (secondary N) is 1. The van der Waals surface area contributed by atoms with Gasteiger partial charge in [0.2, 0.25) is 5.91 Å². The third-order valence-electron chi connectivity index (χ3n) is 2.73. The molecule has 0 aliphatic rings. The summed E-state index contributed by atoms with van der Waals surface area (Å²) in [6.07, 6.45) is 1.68. The average Bonchev–Trinajstić information content (AvgIpc) is 2.14. The van der Waals surface area contributed by atoms with Gasteiger partial charge >= 0.3 is 5.97 Å². The lowest BCUT2D eigenvalue weighted by Gasteiger charge is -2.28. The summed E-state index contributed by atoms with van der Waals surface area (Å²) in [6.45, 7) is 7.65. The van der Waals surface area contributed by atoms with E-state index in [0.29, 0.717) is 6.61 Å². The molecule has 1 amide bonds. The first-order chi connectivity index (χ1) is 8.23. The van der Waals surface area contributed by atoms with Gasteiger partial charge in [0.25, 0.3) is 0 Å². The molecular weight excluding hydrogens is 234 g/mol. The van der Waals surface area contributed by atoms with Gasteiger partial charge in [-0.1, -0.05) is 34.1 Å². The fraction of sp³-hybridized carbons (Fsp3) is 0.846. The minimum Gasteiger partial charge on any atom is -0.481 e. The normalized spacial score (nSPS) is 14.9. The van der Waals surface area contributed by atoms with Crippen LogP contribution in [0.3, 0.4) is 0 Å². The second-order valence-electron chi connectivity index (χ2n) is 5.59. The summed E-state index contributed by atoms with van der Waals surface area (Å²) in [5.74, 6) is -2.58. The maximum Gasteiger partial charge on any atom is 0.316 e. The minimum atomic E-state index is -1.09. The summed E-state index contributed by atoms with van der Waals surface area (Å²) >= 11 is 0. The molecule has 0 aromatic heterocycles. The Hall–Kier alpha value is -1.10. The predicted molar refractivity (Wildman–Crippen MR) is 69.3 cm³/mol. The molecule has 0 rings (SSSR count). The van der Waals surface area contributed by atoms with E-state index >= 15 is 0 Å². The summed E-state index contributed by atoms with van der Waals surface area (Å²) in [4.78, 5) is 23.2. The van der Waals surface area contributed by atoms with Crippen molar-refractivity contribution in [1.29, 1.82) is 0 Å². The van der Waals surface area contributed by atoms with Crippen LogP contribution in [-0.4, -0.2) is 36.7 Å². The van der Waals surface area contributed by atoms with Crippen molar-refractivity contribution in [3.63, 3.8) is 0 Å². The smallest absolute Gasteiger partial charge is 0.316 e. The number of amides is 1. The zero-order valence-corrected chi connectivity index (χ0v) is 11.9. The Kier molecular flexibility index (Phi) is 6.91. The zero-order chi connectivity index (χ0) is 14.3. The van der Waals surface area contributed by atoms with E-state index in [1.54, 1.807) is 27.9 Å². The number of carboxylic acid groups (broad SMARTS) is 1. The van der Waals surface area contributed by atoms with Crippen molar-refractivity contribution in [3.05, 3.63) is 0 Å². The van der Waals surface area contributed by atoms with Crippen LogP contribution in [-0.2, 0) is 14.3 Å². The van der Waals surface area contributed by atoms with Gasteiger partial charge in [0, 0.05) is 7.11 Å². The summed E-state index contributed by atoms with van der Waals surface area (Å²) in [7, 11) is 1.56. The zero-order valence-electron chi connectivity index (χ0n) is 11.9. The molecular formula is C13H25NO4. The molecule has 0 fully saturated rings. The quantitative estimate of drug-likeness (QED) is 0.682. The Morgan fingerprint density at radius 2 is 1.89 bits per heavy atom. The van der Waals surface area contributed by atoms with Crippen molar-refractivity contribution in [2.45, 2.75) is 46.6 Å². The Bertz CT molecular complexity index is 277. The van der Waals surface area contributed by atoms with Crippen LogP contribution in [0.1, 0.15) is 40.5 Å². The second-order valence-corrected chi connectivity index (χ2v) is 5.59.